The second-order valence-corrected chi connectivity index (χ2v) is 3.95. The lowest BCUT2D eigenvalue weighted by Gasteiger charge is -2.10. The molecule has 0 aliphatic rings. The smallest absolute Gasteiger partial charge is 0.405 e. The van der Waals surface area contributed by atoms with Gasteiger partial charge in [0.1, 0.15) is 0 Å². The lowest BCUT2D eigenvalue weighted by atomic mass is 10.1. The monoisotopic (exact) mass is 277 g/mol. The van der Waals surface area contributed by atoms with Crippen LogP contribution in [0.5, 0.6) is 0 Å². The molecule has 0 saturated heterocycles. The van der Waals surface area contributed by atoms with Gasteiger partial charge in [-0.15, -0.1) is 0 Å². The van der Waals surface area contributed by atoms with Crippen LogP contribution < -0.4 is 5.73 Å². The molecule has 0 aromatic rings. The lowest BCUT2D eigenvalue weighted by Crippen LogP contribution is -2.27. The van der Waals surface area contributed by atoms with E-state index in [-0.39, 0.29) is 5.78 Å². The zero-order valence-corrected chi connectivity index (χ0v) is 10.5. The molecule has 0 rings (SSSR count). The summed E-state index contributed by atoms with van der Waals surface area (Å²) >= 11 is 3.30. The first-order valence-electron chi connectivity index (χ1n) is 4.72. The molecule has 0 fully saturated rings. The number of rotatable bonds is 6. The van der Waals surface area contributed by atoms with Crippen molar-refractivity contribution in [1.29, 1.82) is 0 Å². The molecule has 0 aromatic carbocycles. The van der Waals surface area contributed by atoms with E-state index in [0.717, 1.165) is 18.2 Å². The van der Waals surface area contributed by atoms with Gasteiger partial charge in [-0.2, -0.15) is 0 Å². The average molecular weight is 278 g/mol. The molecular formula is C10H16BrNO3. The van der Waals surface area contributed by atoms with Gasteiger partial charge < -0.3 is 10.5 Å². The maximum atomic E-state index is 11.6. The molecule has 0 aliphatic carbocycles. The lowest BCUT2D eigenvalue weighted by molar-refractivity contribution is -0.122. The largest absolute Gasteiger partial charge is 0.438 e. The highest BCUT2D eigenvalue weighted by atomic mass is 79.9. The number of nitrogens with two attached hydrogens (primary N) is 1. The van der Waals surface area contributed by atoms with Gasteiger partial charge in [0.2, 0.25) is 0 Å². The van der Waals surface area contributed by atoms with E-state index >= 15 is 0 Å². The van der Waals surface area contributed by atoms with Crippen molar-refractivity contribution in [3.8, 4) is 0 Å². The summed E-state index contributed by atoms with van der Waals surface area (Å²) in [5.74, 6) is -0.205. The Morgan fingerprint density at radius 3 is 2.60 bits per heavy atom. The van der Waals surface area contributed by atoms with Crippen LogP contribution in [0.4, 0.5) is 4.79 Å². The number of alkyl halides is 1. The molecule has 1 unspecified atom stereocenters. The quantitative estimate of drug-likeness (QED) is 0.460. The second kappa shape index (κ2) is 7.45. The first-order valence-corrected chi connectivity index (χ1v) is 5.84. The molecular weight excluding hydrogens is 262 g/mol. The van der Waals surface area contributed by atoms with Gasteiger partial charge in [-0.25, -0.2) is 4.79 Å². The molecule has 4 nitrogen and oxygen atoms in total. The molecule has 15 heavy (non-hydrogen) atoms. The van der Waals surface area contributed by atoms with Crippen LogP contribution in [0, 0.1) is 0 Å². The highest BCUT2D eigenvalue weighted by Crippen LogP contribution is 2.06. The fourth-order valence-electron chi connectivity index (χ4n) is 1.04. The van der Waals surface area contributed by atoms with Crippen LogP contribution in [0.1, 0.15) is 26.7 Å². The molecule has 5 heteroatoms. The molecule has 1 amide bonds. The van der Waals surface area contributed by atoms with Crippen molar-refractivity contribution < 1.29 is 14.3 Å². The molecule has 1 atom stereocenters. The number of carbonyl (C=O) groups is 2. The maximum absolute atomic E-state index is 11.6. The van der Waals surface area contributed by atoms with E-state index in [1.54, 1.807) is 6.92 Å². The van der Waals surface area contributed by atoms with Crippen molar-refractivity contribution in [3.63, 3.8) is 0 Å². The molecule has 0 aliphatic heterocycles. The van der Waals surface area contributed by atoms with E-state index < -0.39 is 12.2 Å². The Bertz CT molecular complexity index is 263. The summed E-state index contributed by atoms with van der Waals surface area (Å²) in [6.07, 6.45) is 1.90. The van der Waals surface area contributed by atoms with E-state index in [1.807, 2.05) is 6.08 Å². The SMILES string of the molecule is C/C(=C\CCCBr)C(=O)C(C)OC(N)=O. The number of Topliss-reactive ketones (excluding diaryl/α,β-unsaturated/α-hetero) is 1. The van der Waals surface area contributed by atoms with Crippen LogP contribution in [0.3, 0.4) is 0 Å². The van der Waals surface area contributed by atoms with E-state index in [9.17, 15) is 9.59 Å². The van der Waals surface area contributed by atoms with Gasteiger partial charge in [-0.3, -0.25) is 4.79 Å². The van der Waals surface area contributed by atoms with E-state index in [4.69, 9.17) is 5.73 Å². The van der Waals surface area contributed by atoms with Crippen LogP contribution in [0.2, 0.25) is 0 Å². The number of hydrogen-bond donors (Lipinski definition) is 1. The minimum atomic E-state index is -0.927. The topological polar surface area (TPSA) is 69.4 Å². The summed E-state index contributed by atoms with van der Waals surface area (Å²) < 4.78 is 4.58. The highest BCUT2D eigenvalue weighted by molar-refractivity contribution is 9.09. The molecule has 0 spiro atoms. The Balaban J connectivity index is 4.17. The van der Waals surface area contributed by atoms with Gasteiger partial charge in [0.05, 0.1) is 0 Å². The van der Waals surface area contributed by atoms with Crippen LogP contribution in [-0.2, 0) is 9.53 Å². The normalized spacial score (nSPS) is 13.4. The number of allylic oxidation sites excluding steroid dienone is 1. The number of primary amides is 1. The molecule has 0 aromatic heterocycles. The summed E-state index contributed by atoms with van der Waals surface area (Å²) in [4.78, 5) is 22.0. The maximum Gasteiger partial charge on any atom is 0.405 e. The van der Waals surface area contributed by atoms with Crippen molar-refractivity contribution in [2.24, 2.45) is 5.73 Å². The van der Waals surface area contributed by atoms with Crippen LogP contribution in [0.15, 0.2) is 11.6 Å². The number of amides is 1. The number of ketones is 1. The van der Waals surface area contributed by atoms with Gasteiger partial charge in [0.25, 0.3) is 0 Å². The van der Waals surface area contributed by atoms with Crippen LogP contribution in [-0.4, -0.2) is 23.3 Å². The van der Waals surface area contributed by atoms with Gasteiger partial charge in [0, 0.05) is 5.33 Å². The molecule has 0 saturated carbocycles. The van der Waals surface area contributed by atoms with E-state index in [0.29, 0.717) is 5.57 Å². The summed E-state index contributed by atoms with van der Waals surface area (Å²) in [6.45, 7) is 3.21. The standard InChI is InChI=1S/C10H16BrNO3/c1-7(5-3-4-6-11)9(13)8(2)15-10(12)14/h5,8H,3-4,6H2,1-2H3,(H2,12,14)/b7-5+. The number of unbranched alkanes of at least 4 members (excludes halogenated alkanes) is 1. The van der Waals surface area contributed by atoms with E-state index in [2.05, 4.69) is 20.7 Å². The summed E-state index contributed by atoms with van der Waals surface area (Å²) in [5.41, 5.74) is 5.42. The minimum absolute atomic E-state index is 0.205. The highest BCUT2D eigenvalue weighted by Gasteiger charge is 2.17. The van der Waals surface area contributed by atoms with Gasteiger partial charge in [-0.05, 0) is 32.3 Å². The van der Waals surface area contributed by atoms with E-state index in [1.165, 1.54) is 6.92 Å². The van der Waals surface area contributed by atoms with Crippen molar-refractivity contribution in [1.82, 2.24) is 0 Å². The third kappa shape index (κ3) is 6.28. The van der Waals surface area contributed by atoms with Gasteiger partial charge >= 0.3 is 6.09 Å². The Morgan fingerprint density at radius 2 is 2.13 bits per heavy atom. The summed E-state index contributed by atoms with van der Waals surface area (Å²) in [6, 6.07) is 0. The van der Waals surface area contributed by atoms with Gasteiger partial charge in [-0.1, -0.05) is 22.0 Å². The number of hydrogen-bond acceptors (Lipinski definition) is 3. The first-order chi connectivity index (χ1) is 6.99. The predicted molar refractivity (Wildman–Crippen MR) is 61.9 cm³/mol. The summed E-state index contributed by atoms with van der Waals surface area (Å²) in [5, 5.41) is 0.901. The third-order valence-electron chi connectivity index (χ3n) is 1.84. The number of carbonyl (C=O) groups excluding carboxylic acids is 2. The molecule has 0 heterocycles. The molecule has 2 N–H and O–H groups in total. The predicted octanol–water partition coefficient (Wildman–Crippen LogP) is 2.16. The van der Waals surface area contributed by atoms with Crippen molar-refractivity contribution in [3.05, 3.63) is 11.6 Å². The third-order valence-corrected chi connectivity index (χ3v) is 2.40. The van der Waals surface area contributed by atoms with Crippen molar-refractivity contribution in [2.45, 2.75) is 32.8 Å². The number of halogens is 1. The molecule has 0 bridgehead atoms. The fourth-order valence-corrected chi connectivity index (χ4v) is 1.37. The van der Waals surface area contributed by atoms with Crippen molar-refractivity contribution >= 4 is 27.8 Å². The van der Waals surface area contributed by atoms with Gasteiger partial charge in [0.15, 0.2) is 11.9 Å². The average Bonchev–Trinajstić information content (AvgIpc) is 2.15. The number of ether oxygens (including phenoxy) is 1. The zero-order valence-electron chi connectivity index (χ0n) is 8.96. The zero-order chi connectivity index (χ0) is 11.8. The molecule has 86 valence electrons. The van der Waals surface area contributed by atoms with Crippen molar-refractivity contribution in [2.75, 3.05) is 5.33 Å². The Hall–Kier alpha value is -0.840. The Kier molecular flexibility index (Phi) is 7.03. The Labute approximate surface area is 98.0 Å². The first kappa shape index (κ1) is 14.2. The fraction of sp³-hybridized carbons (Fsp3) is 0.600. The van der Waals surface area contributed by atoms with Crippen LogP contribution in [0.25, 0.3) is 0 Å². The summed E-state index contributed by atoms with van der Waals surface area (Å²) in [7, 11) is 0. The van der Waals surface area contributed by atoms with Crippen LogP contribution >= 0.6 is 15.9 Å². The Morgan fingerprint density at radius 1 is 1.53 bits per heavy atom. The second-order valence-electron chi connectivity index (χ2n) is 3.16. The molecule has 0 radical (unpaired) electrons. The minimum Gasteiger partial charge on any atom is -0.438 e.